The summed E-state index contributed by atoms with van der Waals surface area (Å²) in [5.41, 5.74) is 3.40. The normalized spacial score (nSPS) is 11.9. The highest BCUT2D eigenvalue weighted by molar-refractivity contribution is 5.41. The molecule has 6 heteroatoms. The minimum atomic E-state index is 0.0542. The molecule has 0 aromatic carbocycles. The standard InChI is InChI=1S/C11H14N6/c1-8(9-4-2-3-5-14-9)15-10-6-13-7-11(16-10)17-12/h2-8H,12H2,1H3,(H2,15,16,17). The molecule has 17 heavy (non-hydrogen) atoms. The van der Waals surface area contributed by atoms with Crippen LogP contribution in [0.5, 0.6) is 0 Å². The molecule has 2 heterocycles. The lowest BCUT2D eigenvalue weighted by Gasteiger charge is -2.13. The summed E-state index contributed by atoms with van der Waals surface area (Å²) in [6, 6.07) is 5.84. The molecule has 0 aliphatic carbocycles. The Morgan fingerprint density at radius 1 is 1.24 bits per heavy atom. The number of nitrogens with zero attached hydrogens (tertiary/aromatic N) is 3. The molecule has 0 amide bonds. The first kappa shape index (κ1) is 11.3. The van der Waals surface area contributed by atoms with Crippen LogP contribution < -0.4 is 16.6 Å². The molecule has 2 rings (SSSR count). The van der Waals surface area contributed by atoms with E-state index in [1.807, 2.05) is 25.1 Å². The second-order valence-electron chi connectivity index (χ2n) is 3.55. The van der Waals surface area contributed by atoms with Crippen molar-refractivity contribution in [3.8, 4) is 0 Å². The van der Waals surface area contributed by atoms with Crippen LogP contribution in [0.1, 0.15) is 18.7 Å². The summed E-state index contributed by atoms with van der Waals surface area (Å²) in [7, 11) is 0. The molecule has 2 aromatic rings. The average Bonchev–Trinajstić information content (AvgIpc) is 2.40. The maximum atomic E-state index is 5.27. The Bertz CT molecular complexity index is 472. The molecule has 0 saturated carbocycles. The molecule has 2 aromatic heterocycles. The lowest BCUT2D eigenvalue weighted by molar-refractivity contribution is 0.830. The first-order valence-corrected chi connectivity index (χ1v) is 5.25. The van der Waals surface area contributed by atoms with Crippen LogP contribution in [0.4, 0.5) is 11.6 Å². The number of pyridine rings is 1. The third kappa shape index (κ3) is 2.88. The van der Waals surface area contributed by atoms with Crippen LogP contribution in [0.3, 0.4) is 0 Å². The van der Waals surface area contributed by atoms with Gasteiger partial charge < -0.3 is 10.7 Å². The third-order valence-corrected chi connectivity index (χ3v) is 2.28. The first-order chi connectivity index (χ1) is 8.29. The van der Waals surface area contributed by atoms with E-state index in [0.717, 1.165) is 5.69 Å². The molecular weight excluding hydrogens is 216 g/mol. The predicted octanol–water partition coefficient (Wildman–Crippen LogP) is 1.33. The van der Waals surface area contributed by atoms with Gasteiger partial charge in [0, 0.05) is 6.20 Å². The Hall–Kier alpha value is -2.21. The van der Waals surface area contributed by atoms with E-state index < -0.39 is 0 Å². The van der Waals surface area contributed by atoms with Gasteiger partial charge in [-0.05, 0) is 19.1 Å². The van der Waals surface area contributed by atoms with Crippen LogP contribution in [0, 0.1) is 0 Å². The van der Waals surface area contributed by atoms with E-state index in [1.54, 1.807) is 18.6 Å². The van der Waals surface area contributed by atoms with E-state index in [0.29, 0.717) is 11.6 Å². The number of nitrogens with two attached hydrogens (primary N) is 1. The Kier molecular flexibility index (Phi) is 3.46. The summed E-state index contributed by atoms with van der Waals surface area (Å²) >= 11 is 0. The minimum Gasteiger partial charge on any atom is -0.361 e. The van der Waals surface area contributed by atoms with Gasteiger partial charge in [-0.25, -0.2) is 10.8 Å². The van der Waals surface area contributed by atoms with E-state index >= 15 is 0 Å². The molecule has 1 atom stereocenters. The number of hydrogen-bond donors (Lipinski definition) is 3. The SMILES string of the molecule is CC(Nc1cncc(NN)n1)c1ccccn1. The number of hydrazine groups is 1. The number of nitrogen functional groups attached to an aromatic ring is 1. The fourth-order valence-electron chi connectivity index (χ4n) is 1.43. The molecule has 0 radical (unpaired) electrons. The van der Waals surface area contributed by atoms with Crippen molar-refractivity contribution in [3.63, 3.8) is 0 Å². The molecule has 1 unspecified atom stereocenters. The summed E-state index contributed by atoms with van der Waals surface area (Å²) in [5, 5.41) is 3.20. The monoisotopic (exact) mass is 230 g/mol. The van der Waals surface area contributed by atoms with Gasteiger partial charge in [0.25, 0.3) is 0 Å². The van der Waals surface area contributed by atoms with Crippen molar-refractivity contribution in [2.24, 2.45) is 5.84 Å². The summed E-state index contributed by atoms with van der Waals surface area (Å²) in [6.45, 7) is 2.01. The van der Waals surface area contributed by atoms with Gasteiger partial charge in [-0.15, -0.1) is 0 Å². The van der Waals surface area contributed by atoms with E-state index in [9.17, 15) is 0 Å². The van der Waals surface area contributed by atoms with Crippen LogP contribution in [-0.4, -0.2) is 15.0 Å². The second kappa shape index (κ2) is 5.22. The molecule has 0 fully saturated rings. The smallest absolute Gasteiger partial charge is 0.160 e. The molecule has 6 nitrogen and oxygen atoms in total. The van der Waals surface area contributed by atoms with Crippen LogP contribution in [0.25, 0.3) is 0 Å². The van der Waals surface area contributed by atoms with Crippen LogP contribution >= 0.6 is 0 Å². The van der Waals surface area contributed by atoms with Crippen molar-refractivity contribution in [1.82, 2.24) is 15.0 Å². The number of aromatic nitrogens is 3. The highest BCUT2D eigenvalue weighted by atomic mass is 15.3. The Morgan fingerprint density at radius 3 is 2.76 bits per heavy atom. The third-order valence-electron chi connectivity index (χ3n) is 2.28. The van der Waals surface area contributed by atoms with Crippen molar-refractivity contribution in [2.45, 2.75) is 13.0 Å². The lowest BCUT2D eigenvalue weighted by atomic mass is 10.2. The number of rotatable bonds is 4. The van der Waals surface area contributed by atoms with E-state index in [-0.39, 0.29) is 6.04 Å². The molecule has 0 saturated heterocycles. The van der Waals surface area contributed by atoms with Crippen molar-refractivity contribution in [2.75, 3.05) is 10.7 Å². The molecule has 0 aliphatic rings. The predicted molar refractivity (Wildman–Crippen MR) is 66.1 cm³/mol. The summed E-state index contributed by atoms with van der Waals surface area (Å²) in [4.78, 5) is 12.5. The zero-order chi connectivity index (χ0) is 12.1. The van der Waals surface area contributed by atoms with Crippen LogP contribution in [0.2, 0.25) is 0 Å². The van der Waals surface area contributed by atoms with Gasteiger partial charge in [-0.3, -0.25) is 9.97 Å². The topological polar surface area (TPSA) is 88.8 Å². The summed E-state index contributed by atoms with van der Waals surface area (Å²) < 4.78 is 0. The fraction of sp³-hybridized carbons (Fsp3) is 0.182. The fourth-order valence-corrected chi connectivity index (χ4v) is 1.43. The molecule has 0 aliphatic heterocycles. The summed E-state index contributed by atoms with van der Waals surface area (Å²) in [6.07, 6.45) is 4.95. The Balaban J connectivity index is 2.10. The molecule has 0 spiro atoms. The maximum absolute atomic E-state index is 5.27. The Morgan fingerprint density at radius 2 is 2.06 bits per heavy atom. The van der Waals surface area contributed by atoms with Gasteiger partial charge in [0.05, 0.1) is 24.1 Å². The second-order valence-corrected chi connectivity index (χ2v) is 3.55. The molecule has 0 bridgehead atoms. The van der Waals surface area contributed by atoms with Crippen molar-refractivity contribution >= 4 is 11.6 Å². The first-order valence-electron chi connectivity index (χ1n) is 5.25. The highest BCUT2D eigenvalue weighted by Gasteiger charge is 2.07. The van der Waals surface area contributed by atoms with Gasteiger partial charge in [0.15, 0.2) is 5.82 Å². The zero-order valence-electron chi connectivity index (χ0n) is 9.46. The highest BCUT2D eigenvalue weighted by Crippen LogP contribution is 2.15. The number of nitrogens with one attached hydrogen (secondary N) is 2. The Labute approximate surface area is 99.3 Å². The van der Waals surface area contributed by atoms with E-state index in [1.165, 1.54) is 0 Å². The zero-order valence-corrected chi connectivity index (χ0v) is 9.46. The minimum absolute atomic E-state index is 0.0542. The largest absolute Gasteiger partial charge is 0.361 e. The maximum Gasteiger partial charge on any atom is 0.160 e. The van der Waals surface area contributed by atoms with E-state index in [2.05, 4.69) is 25.7 Å². The van der Waals surface area contributed by atoms with Crippen LogP contribution in [-0.2, 0) is 0 Å². The van der Waals surface area contributed by atoms with Gasteiger partial charge in [-0.2, -0.15) is 0 Å². The van der Waals surface area contributed by atoms with Crippen LogP contribution in [0.15, 0.2) is 36.8 Å². The van der Waals surface area contributed by atoms with E-state index in [4.69, 9.17) is 5.84 Å². The number of anilines is 2. The molecule has 88 valence electrons. The van der Waals surface area contributed by atoms with Gasteiger partial charge in [0.1, 0.15) is 5.82 Å². The molecule has 4 N–H and O–H groups in total. The van der Waals surface area contributed by atoms with Crippen molar-refractivity contribution in [3.05, 3.63) is 42.5 Å². The lowest BCUT2D eigenvalue weighted by Crippen LogP contribution is -2.13. The van der Waals surface area contributed by atoms with Gasteiger partial charge in [-0.1, -0.05) is 6.07 Å². The number of hydrogen-bond acceptors (Lipinski definition) is 6. The van der Waals surface area contributed by atoms with Crippen molar-refractivity contribution < 1.29 is 0 Å². The summed E-state index contributed by atoms with van der Waals surface area (Å²) in [5.74, 6) is 6.44. The molecular formula is C11H14N6. The van der Waals surface area contributed by atoms with Crippen molar-refractivity contribution in [1.29, 1.82) is 0 Å². The quantitative estimate of drug-likeness (QED) is 0.542. The average molecular weight is 230 g/mol. The van der Waals surface area contributed by atoms with Gasteiger partial charge >= 0.3 is 0 Å². The van der Waals surface area contributed by atoms with Gasteiger partial charge in [0.2, 0.25) is 0 Å².